The zero-order valence-corrected chi connectivity index (χ0v) is 14.6. The van der Waals surface area contributed by atoms with Crippen LogP contribution in [-0.4, -0.2) is 30.3 Å². The molecule has 0 aliphatic heterocycles. The zero-order chi connectivity index (χ0) is 17.9. The Kier molecular flexibility index (Phi) is 7.43. The van der Waals surface area contributed by atoms with Crippen LogP contribution in [0.3, 0.4) is 0 Å². The number of aromatic nitrogens is 1. The molecule has 0 spiro atoms. The zero-order valence-electron chi connectivity index (χ0n) is 14.6. The van der Waals surface area contributed by atoms with Gasteiger partial charge in [-0.3, -0.25) is 9.78 Å². The third kappa shape index (κ3) is 5.91. The van der Waals surface area contributed by atoms with Gasteiger partial charge >= 0.3 is 0 Å². The third-order valence-corrected chi connectivity index (χ3v) is 3.30. The molecule has 1 aromatic heterocycles. The standard InChI is InChI=1S/C19H23N3O3/c1-3-5-12-25-17-10-9-15(13-18(17)24-4-2)14-21-22-19(23)16-8-6-7-11-20-16/h6-11,13-14H,3-5,12H2,1-2H3,(H,22,23). The molecular formula is C19H23N3O3. The molecule has 0 fully saturated rings. The lowest BCUT2D eigenvalue weighted by atomic mass is 10.2. The molecule has 6 heteroatoms. The van der Waals surface area contributed by atoms with Crippen LogP contribution >= 0.6 is 0 Å². The number of ether oxygens (including phenoxy) is 2. The second kappa shape index (κ2) is 10.1. The van der Waals surface area contributed by atoms with Crippen molar-refractivity contribution < 1.29 is 14.3 Å². The van der Waals surface area contributed by atoms with Gasteiger partial charge in [0.1, 0.15) is 5.69 Å². The van der Waals surface area contributed by atoms with Gasteiger partial charge < -0.3 is 9.47 Å². The fourth-order valence-electron chi connectivity index (χ4n) is 2.04. The van der Waals surface area contributed by atoms with Crippen molar-refractivity contribution in [1.29, 1.82) is 0 Å². The number of pyridine rings is 1. The van der Waals surface area contributed by atoms with Crippen molar-refractivity contribution >= 4 is 12.1 Å². The highest BCUT2D eigenvalue weighted by molar-refractivity contribution is 5.93. The fraction of sp³-hybridized carbons (Fsp3) is 0.316. The average molecular weight is 341 g/mol. The Morgan fingerprint density at radius 1 is 1.20 bits per heavy atom. The number of rotatable bonds is 9. The Morgan fingerprint density at radius 3 is 2.80 bits per heavy atom. The Bertz CT molecular complexity index is 702. The Balaban J connectivity index is 2.01. The van der Waals surface area contributed by atoms with Crippen LogP contribution < -0.4 is 14.9 Å². The molecule has 6 nitrogen and oxygen atoms in total. The molecule has 2 aromatic rings. The largest absolute Gasteiger partial charge is 0.490 e. The first-order valence-electron chi connectivity index (χ1n) is 8.38. The van der Waals surface area contributed by atoms with E-state index in [-0.39, 0.29) is 5.91 Å². The maximum Gasteiger partial charge on any atom is 0.289 e. The highest BCUT2D eigenvalue weighted by Gasteiger charge is 2.07. The number of carbonyl (C=O) groups excluding carboxylic acids is 1. The third-order valence-electron chi connectivity index (χ3n) is 3.30. The summed E-state index contributed by atoms with van der Waals surface area (Å²) in [7, 11) is 0. The van der Waals surface area contributed by atoms with Crippen LogP contribution in [0.1, 0.15) is 42.7 Å². The number of carbonyl (C=O) groups is 1. The molecule has 25 heavy (non-hydrogen) atoms. The van der Waals surface area contributed by atoms with Crippen molar-refractivity contribution in [2.75, 3.05) is 13.2 Å². The number of unbranched alkanes of at least 4 members (excludes halogenated alkanes) is 1. The number of hydrogen-bond donors (Lipinski definition) is 1. The molecule has 0 saturated heterocycles. The van der Waals surface area contributed by atoms with Crippen molar-refractivity contribution in [2.45, 2.75) is 26.7 Å². The molecule has 0 aliphatic rings. The monoisotopic (exact) mass is 341 g/mol. The number of nitrogens with zero attached hydrogens (tertiary/aromatic N) is 2. The van der Waals surface area contributed by atoms with Gasteiger partial charge in [-0.25, -0.2) is 5.43 Å². The second-order valence-corrected chi connectivity index (χ2v) is 5.26. The summed E-state index contributed by atoms with van der Waals surface area (Å²) in [5.74, 6) is 1.02. The average Bonchev–Trinajstić information content (AvgIpc) is 2.64. The van der Waals surface area contributed by atoms with E-state index in [0.29, 0.717) is 30.4 Å². The van der Waals surface area contributed by atoms with Crippen LogP contribution in [-0.2, 0) is 0 Å². The minimum atomic E-state index is -0.360. The van der Waals surface area contributed by atoms with Gasteiger partial charge in [0.05, 0.1) is 19.4 Å². The van der Waals surface area contributed by atoms with Gasteiger partial charge in [-0.2, -0.15) is 5.10 Å². The van der Waals surface area contributed by atoms with Crippen molar-refractivity contribution in [3.8, 4) is 11.5 Å². The summed E-state index contributed by atoms with van der Waals surface area (Å²) >= 11 is 0. The number of benzene rings is 1. The highest BCUT2D eigenvalue weighted by Crippen LogP contribution is 2.28. The van der Waals surface area contributed by atoms with Crippen molar-refractivity contribution in [3.63, 3.8) is 0 Å². The molecule has 0 radical (unpaired) electrons. The van der Waals surface area contributed by atoms with Crippen molar-refractivity contribution in [3.05, 3.63) is 53.9 Å². The molecule has 1 heterocycles. The molecule has 2 rings (SSSR count). The minimum absolute atomic E-state index is 0.314. The van der Waals surface area contributed by atoms with Gasteiger partial charge in [0, 0.05) is 6.20 Å². The van der Waals surface area contributed by atoms with E-state index in [0.717, 1.165) is 18.4 Å². The van der Waals surface area contributed by atoms with Gasteiger partial charge in [0.15, 0.2) is 11.5 Å². The Labute approximate surface area is 147 Å². The van der Waals surface area contributed by atoms with Crippen LogP contribution in [0.5, 0.6) is 11.5 Å². The fourth-order valence-corrected chi connectivity index (χ4v) is 2.04. The summed E-state index contributed by atoms with van der Waals surface area (Å²) in [6.07, 6.45) is 5.18. The van der Waals surface area contributed by atoms with E-state index in [1.807, 2.05) is 25.1 Å². The summed E-state index contributed by atoms with van der Waals surface area (Å²) in [6, 6.07) is 10.7. The van der Waals surface area contributed by atoms with E-state index in [9.17, 15) is 4.79 Å². The van der Waals surface area contributed by atoms with Gasteiger partial charge in [-0.1, -0.05) is 19.4 Å². The van der Waals surface area contributed by atoms with Crippen LogP contribution in [0.4, 0.5) is 0 Å². The maximum atomic E-state index is 11.9. The lowest BCUT2D eigenvalue weighted by Gasteiger charge is -2.12. The van der Waals surface area contributed by atoms with Gasteiger partial charge in [0.25, 0.3) is 5.91 Å². The number of amides is 1. The molecule has 0 atom stereocenters. The maximum absolute atomic E-state index is 11.9. The molecule has 1 N–H and O–H groups in total. The van der Waals surface area contributed by atoms with Crippen LogP contribution in [0.2, 0.25) is 0 Å². The molecule has 132 valence electrons. The van der Waals surface area contributed by atoms with E-state index < -0.39 is 0 Å². The van der Waals surface area contributed by atoms with Gasteiger partial charge in [-0.05, 0) is 49.2 Å². The molecule has 0 saturated carbocycles. The number of hydrazone groups is 1. The predicted octanol–water partition coefficient (Wildman–Crippen LogP) is 3.42. The lowest BCUT2D eigenvalue weighted by molar-refractivity contribution is 0.0950. The Hall–Kier alpha value is -2.89. The van der Waals surface area contributed by atoms with E-state index >= 15 is 0 Å². The number of hydrogen-bond acceptors (Lipinski definition) is 5. The van der Waals surface area contributed by atoms with E-state index in [2.05, 4.69) is 22.4 Å². The first-order chi connectivity index (χ1) is 12.2. The normalized spacial score (nSPS) is 10.6. The number of nitrogens with one attached hydrogen (secondary N) is 1. The summed E-state index contributed by atoms with van der Waals surface area (Å²) in [5, 5.41) is 3.96. The summed E-state index contributed by atoms with van der Waals surface area (Å²) < 4.78 is 11.4. The van der Waals surface area contributed by atoms with Gasteiger partial charge in [-0.15, -0.1) is 0 Å². The molecule has 0 unspecified atom stereocenters. The Morgan fingerprint density at radius 2 is 2.08 bits per heavy atom. The molecule has 1 amide bonds. The second-order valence-electron chi connectivity index (χ2n) is 5.26. The summed E-state index contributed by atoms with van der Waals surface area (Å²) in [5.41, 5.74) is 3.56. The van der Waals surface area contributed by atoms with Crippen LogP contribution in [0.25, 0.3) is 0 Å². The minimum Gasteiger partial charge on any atom is -0.490 e. The molecule has 0 aliphatic carbocycles. The lowest BCUT2D eigenvalue weighted by Crippen LogP contribution is -2.18. The molecular weight excluding hydrogens is 318 g/mol. The van der Waals surface area contributed by atoms with E-state index in [4.69, 9.17) is 9.47 Å². The summed E-state index contributed by atoms with van der Waals surface area (Å²) in [6.45, 7) is 5.24. The quantitative estimate of drug-likeness (QED) is 0.431. The van der Waals surface area contributed by atoms with Crippen molar-refractivity contribution in [1.82, 2.24) is 10.4 Å². The van der Waals surface area contributed by atoms with E-state index in [1.54, 1.807) is 30.6 Å². The van der Waals surface area contributed by atoms with E-state index in [1.165, 1.54) is 0 Å². The topological polar surface area (TPSA) is 72.8 Å². The smallest absolute Gasteiger partial charge is 0.289 e. The predicted molar refractivity (Wildman–Crippen MR) is 97.3 cm³/mol. The highest BCUT2D eigenvalue weighted by atomic mass is 16.5. The van der Waals surface area contributed by atoms with Crippen LogP contribution in [0, 0.1) is 0 Å². The van der Waals surface area contributed by atoms with Crippen LogP contribution in [0.15, 0.2) is 47.7 Å². The summed E-state index contributed by atoms with van der Waals surface area (Å²) in [4.78, 5) is 15.8. The van der Waals surface area contributed by atoms with Crippen molar-refractivity contribution in [2.24, 2.45) is 5.10 Å². The SMILES string of the molecule is CCCCOc1ccc(C=NNC(=O)c2ccccn2)cc1OCC. The molecule has 1 aromatic carbocycles. The first kappa shape index (κ1) is 18.4. The first-order valence-corrected chi connectivity index (χ1v) is 8.38. The molecule has 0 bridgehead atoms. The van der Waals surface area contributed by atoms with Gasteiger partial charge in [0.2, 0.25) is 0 Å².